The Morgan fingerprint density at radius 2 is 1.69 bits per heavy atom. The van der Waals surface area contributed by atoms with E-state index in [1.807, 2.05) is 0 Å². The van der Waals surface area contributed by atoms with Gasteiger partial charge in [0.1, 0.15) is 5.75 Å². The number of aromatic nitrogens is 2. The van der Waals surface area contributed by atoms with Crippen LogP contribution in [0.5, 0.6) is 5.75 Å². The number of benzene rings is 3. The smallest absolute Gasteiger partial charge is 0.434 e. The van der Waals surface area contributed by atoms with Gasteiger partial charge in [-0.1, -0.05) is 42.5 Å². The number of carbonyl (C=O) groups is 2. The monoisotopic (exact) mass is 584 g/mol. The van der Waals surface area contributed by atoms with Crippen LogP contribution >= 0.6 is 0 Å². The third-order valence-corrected chi connectivity index (χ3v) is 6.56. The number of hydrogen-bond donors (Lipinski definition) is 2. The van der Waals surface area contributed by atoms with Gasteiger partial charge in [0.2, 0.25) is 0 Å². The van der Waals surface area contributed by atoms with E-state index in [0.29, 0.717) is 4.68 Å². The summed E-state index contributed by atoms with van der Waals surface area (Å²) in [5, 5.41) is 6.23. The van der Waals surface area contributed by atoms with E-state index in [-0.39, 0.29) is 34.2 Å². The standard InChI is InChI=1S/C28H21F5N6O3/c1-38-24(41)27(37-26(38)34,16-10-12-20(13-11-16)42-25(29)30)17-6-5-7-18(14-17)36-23(40)21-15-35-39(22(21)28(31,32)33)19-8-3-2-4-9-19/h2-15,25H,1H3,(H2,34,37)(H,36,40). The Hall–Kier alpha value is -5.27. The largest absolute Gasteiger partial charge is 0.435 e. The van der Waals surface area contributed by atoms with E-state index in [2.05, 4.69) is 20.1 Å². The molecule has 0 fully saturated rings. The average Bonchev–Trinajstić information content (AvgIpc) is 3.51. The minimum atomic E-state index is -4.92. The molecular formula is C28H21F5N6O3. The highest BCUT2D eigenvalue weighted by atomic mass is 19.4. The summed E-state index contributed by atoms with van der Waals surface area (Å²) < 4.78 is 72.6. The minimum Gasteiger partial charge on any atom is -0.435 e. The van der Waals surface area contributed by atoms with Crippen LogP contribution in [0.1, 0.15) is 27.2 Å². The maximum absolute atomic E-state index is 14.1. The van der Waals surface area contributed by atoms with Crippen LogP contribution in [0.15, 0.2) is 90.1 Å². The molecule has 9 nitrogen and oxygen atoms in total. The van der Waals surface area contributed by atoms with Crippen LogP contribution in [0, 0.1) is 0 Å². The topological polar surface area (TPSA) is 115 Å². The van der Waals surface area contributed by atoms with Crippen LogP contribution in [0.25, 0.3) is 5.69 Å². The molecule has 1 aromatic heterocycles. The summed E-state index contributed by atoms with van der Waals surface area (Å²) in [6.45, 7) is -3.06. The van der Waals surface area contributed by atoms with Crippen molar-refractivity contribution in [3.05, 3.63) is 107 Å². The molecule has 0 bridgehead atoms. The van der Waals surface area contributed by atoms with Gasteiger partial charge in [0.05, 0.1) is 17.4 Å². The van der Waals surface area contributed by atoms with Gasteiger partial charge >= 0.3 is 12.8 Å². The van der Waals surface area contributed by atoms with Gasteiger partial charge < -0.3 is 15.8 Å². The quantitative estimate of drug-likeness (QED) is 0.304. The van der Waals surface area contributed by atoms with Crippen LogP contribution in [0.2, 0.25) is 0 Å². The first-order valence-electron chi connectivity index (χ1n) is 12.2. The number of carbonyl (C=O) groups excluding carboxylic acids is 2. The average molecular weight is 585 g/mol. The van der Waals surface area contributed by atoms with Crippen molar-refractivity contribution in [3.63, 3.8) is 0 Å². The lowest BCUT2D eigenvalue weighted by molar-refractivity contribution is -0.143. The molecule has 2 amide bonds. The van der Waals surface area contributed by atoms with Gasteiger partial charge in [0, 0.05) is 12.7 Å². The van der Waals surface area contributed by atoms with E-state index in [4.69, 9.17) is 5.73 Å². The molecular weight excluding hydrogens is 563 g/mol. The van der Waals surface area contributed by atoms with E-state index in [1.165, 1.54) is 79.8 Å². The van der Waals surface area contributed by atoms with Gasteiger partial charge in [-0.05, 0) is 47.5 Å². The van der Waals surface area contributed by atoms with Gasteiger partial charge in [-0.2, -0.15) is 27.1 Å². The SMILES string of the molecule is CN1C(=O)C(c2ccc(OC(F)F)cc2)(c2cccc(NC(=O)c3cnn(-c4ccccc4)c3C(F)(F)F)c2)N=C1N. The molecule has 3 aromatic carbocycles. The predicted octanol–water partition coefficient (Wildman–Crippen LogP) is 4.78. The number of alkyl halides is 5. The molecule has 0 saturated heterocycles. The fourth-order valence-electron chi connectivity index (χ4n) is 4.63. The summed E-state index contributed by atoms with van der Waals surface area (Å²) >= 11 is 0. The lowest BCUT2D eigenvalue weighted by Crippen LogP contribution is -2.41. The Balaban J connectivity index is 1.53. The fourth-order valence-corrected chi connectivity index (χ4v) is 4.63. The van der Waals surface area contributed by atoms with Crippen LogP contribution in [-0.4, -0.2) is 46.1 Å². The van der Waals surface area contributed by atoms with Crippen molar-refractivity contribution >= 4 is 23.5 Å². The third kappa shape index (κ3) is 5.02. The molecule has 0 spiro atoms. The number of anilines is 1. The molecule has 1 aliphatic heterocycles. The molecule has 1 unspecified atom stereocenters. The lowest BCUT2D eigenvalue weighted by atomic mass is 9.82. The Morgan fingerprint density at radius 3 is 2.29 bits per heavy atom. The van der Waals surface area contributed by atoms with Gasteiger partial charge in [-0.15, -0.1) is 0 Å². The lowest BCUT2D eigenvalue weighted by Gasteiger charge is -2.26. The number of nitrogens with two attached hydrogens (primary N) is 1. The Labute approximate surface area is 235 Å². The van der Waals surface area contributed by atoms with Crippen LogP contribution in [0.3, 0.4) is 0 Å². The Bertz CT molecular complexity index is 1670. The fraction of sp³-hybridized carbons (Fsp3) is 0.143. The van der Waals surface area contributed by atoms with Crippen molar-refractivity contribution in [3.8, 4) is 11.4 Å². The number of nitrogens with zero attached hydrogens (tertiary/aromatic N) is 4. The van der Waals surface area contributed by atoms with Gasteiger partial charge in [-0.3, -0.25) is 14.5 Å². The third-order valence-electron chi connectivity index (χ3n) is 6.56. The number of ether oxygens (including phenoxy) is 1. The van der Waals surface area contributed by atoms with Gasteiger partial charge in [-0.25, -0.2) is 9.67 Å². The maximum Gasteiger partial charge on any atom is 0.434 e. The highest BCUT2D eigenvalue weighted by Crippen LogP contribution is 2.41. The second kappa shape index (κ2) is 10.6. The number of hydrogen-bond acceptors (Lipinski definition) is 6. The summed E-state index contributed by atoms with van der Waals surface area (Å²) in [5.41, 5.74) is 2.80. The van der Waals surface area contributed by atoms with E-state index >= 15 is 0 Å². The predicted molar refractivity (Wildman–Crippen MR) is 141 cm³/mol. The number of halogens is 5. The van der Waals surface area contributed by atoms with Crippen LogP contribution in [-0.2, 0) is 16.5 Å². The number of rotatable bonds is 7. The summed E-state index contributed by atoms with van der Waals surface area (Å²) in [6.07, 6.45) is -4.10. The van der Waals surface area contributed by atoms with Crippen molar-refractivity contribution in [2.45, 2.75) is 18.3 Å². The molecule has 216 valence electrons. The molecule has 0 radical (unpaired) electrons. The molecule has 3 N–H and O–H groups in total. The summed E-state index contributed by atoms with van der Waals surface area (Å²) in [4.78, 5) is 32.1. The molecule has 14 heteroatoms. The number of nitrogens with one attached hydrogen (secondary N) is 1. The van der Waals surface area contributed by atoms with Crippen molar-refractivity contribution < 1.29 is 36.3 Å². The minimum absolute atomic E-state index is 0.0474. The molecule has 1 aliphatic rings. The summed E-state index contributed by atoms with van der Waals surface area (Å²) in [7, 11) is 1.39. The maximum atomic E-state index is 14.1. The van der Waals surface area contributed by atoms with Crippen molar-refractivity contribution in [2.24, 2.45) is 10.7 Å². The zero-order valence-corrected chi connectivity index (χ0v) is 21.6. The highest BCUT2D eigenvalue weighted by Gasteiger charge is 2.49. The molecule has 42 heavy (non-hydrogen) atoms. The summed E-state index contributed by atoms with van der Waals surface area (Å²) in [5.74, 6) is -1.97. The van der Waals surface area contributed by atoms with Crippen molar-refractivity contribution in [1.82, 2.24) is 14.7 Å². The van der Waals surface area contributed by atoms with Crippen molar-refractivity contribution in [2.75, 3.05) is 12.4 Å². The first-order chi connectivity index (χ1) is 19.9. The molecule has 2 heterocycles. The van der Waals surface area contributed by atoms with E-state index in [1.54, 1.807) is 6.07 Å². The molecule has 5 rings (SSSR count). The normalized spacial score (nSPS) is 17.0. The Morgan fingerprint density at radius 1 is 1.00 bits per heavy atom. The molecule has 0 aliphatic carbocycles. The van der Waals surface area contributed by atoms with E-state index < -0.39 is 41.4 Å². The van der Waals surface area contributed by atoms with Crippen LogP contribution in [0.4, 0.5) is 27.6 Å². The number of amides is 2. The first kappa shape index (κ1) is 28.3. The molecule has 0 saturated carbocycles. The van der Waals surface area contributed by atoms with E-state index in [9.17, 15) is 31.5 Å². The van der Waals surface area contributed by atoms with Gasteiger partial charge in [0.15, 0.2) is 17.2 Å². The Kier molecular flexibility index (Phi) is 7.14. The number of aliphatic imine (C=N–C) groups is 1. The van der Waals surface area contributed by atoms with Crippen LogP contribution < -0.4 is 15.8 Å². The number of likely N-dealkylation sites (N-methyl/N-ethyl adjacent to an activating group) is 1. The second-order valence-electron chi connectivity index (χ2n) is 9.13. The highest BCUT2D eigenvalue weighted by molar-refractivity contribution is 6.09. The second-order valence-corrected chi connectivity index (χ2v) is 9.13. The number of para-hydroxylation sites is 1. The zero-order chi connectivity index (χ0) is 30.2. The molecule has 4 aromatic rings. The first-order valence-corrected chi connectivity index (χ1v) is 12.2. The summed E-state index contributed by atoms with van der Waals surface area (Å²) in [6, 6.07) is 18.5. The van der Waals surface area contributed by atoms with E-state index in [0.717, 1.165) is 11.1 Å². The van der Waals surface area contributed by atoms with Crippen molar-refractivity contribution in [1.29, 1.82) is 0 Å². The number of guanidine groups is 1. The van der Waals surface area contributed by atoms with Gasteiger partial charge in [0.25, 0.3) is 11.8 Å². The zero-order valence-electron chi connectivity index (χ0n) is 21.6. The molecule has 1 atom stereocenters.